The molecule has 3 aromatic rings. The normalized spacial score (nSPS) is 10.9. The van der Waals surface area contributed by atoms with Crippen molar-refractivity contribution in [2.24, 2.45) is 0 Å². The number of H-pyrrole nitrogens is 1. The number of hydrogen-bond donors (Lipinski definition) is 2. The molecule has 0 aliphatic heterocycles. The molecule has 6 nitrogen and oxygen atoms in total. The summed E-state index contributed by atoms with van der Waals surface area (Å²) in [5.74, 6) is 0.746. The Hall–Kier alpha value is -2.54. The van der Waals surface area contributed by atoms with Gasteiger partial charge in [0.1, 0.15) is 5.01 Å². The second-order valence-electron chi connectivity index (χ2n) is 5.45. The van der Waals surface area contributed by atoms with Crippen molar-refractivity contribution in [3.63, 3.8) is 0 Å². The van der Waals surface area contributed by atoms with Gasteiger partial charge in [-0.05, 0) is 18.1 Å². The predicted octanol–water partition coefficient (Wildman–Crippen LogP) is 3.23. The molecule has 2 N–H and O–H groups in total. The first-order chi connectivity index (χ1) is 11.1. The van der Waals surface area contributed by atoms with E-state index in [1.807, 2.05) is 29.6 Å². The minimum atomic E-state index is -0.135. The fourth-order valence-electron chi connectivity index (χ4n) is 2.04. The van der Waals surface area contributed by atoms with Gasteiger partial charge in [-0.15, -0.1) is 11.3 Å². The Balaban J connectivity index is 1.63. The van der Waals surface area contributed by atoms with Gasteiger partial charge in [-0.1, -0.05) is 19.9 Å². The lowest BCUT2D eigenvalue weighted by molar-refractivity contribution is -0.115. The zero-order valence-electron chi connectivity index (χ0n) is 12.9. The van der Waals surface area contributed by atoms with Crippen molar-refractivity contribution in [2.45, 2.75) is 26.2 Å². The number of anilines is 1. The van der Waals surface area contributed by atoms with Gasteiger partial charge in [0.15, 0.2) is 5.82 Å². The summed E-state index contributed by atoms with van der Waals surface area (Å²) in [7, 11) is 0. The highest BCUT2D eigenvalue weighted by Gasteiger charge is 2.12. The summed E-state index contributed by atoms with van der Waals surface area (Å²) in [5.41, 5.74) is 2.54. The lowest BCUT2D eigenvalue weighted by Gasteiger charge is -1.99. The topological polar surface area (TPSA) is 83.6 Å². The molecule has 0 bridgehead atoms. The van der Waals surface area contributed by atoms with Gasteiger partial charge in [-0.25, -0.2) is 4.98 Å². The lowest BCUT2D eigenvalue weighted by Crippen LogP contribution is -2.14. The van der Waals surface area contributed by atoms with Gasteiger partial charge in [0, 0.05) is 23.3 Å². The van der Waals surface area contributed by atoms with Crippen LogP contribution in [0.2, 0.25) is 0 Å². The Kier molecular flexibility index (Phi) is 4.47. The molecule has 3 heterocycles. The molecule has 0 aromatic carbocycles. The van der Waals surface area contributed by atoms with E-state index in [-0.39, 0.29) is 12.3 Å². The highest BCUT2D eigenvalue weighted by molar-refractivity contribution is 7.13. The van der Waals surface area contributed by atoms with Gasteiger partial charge >= 0.3 is 0 Å². The van der Waals surface area contributed by atoms with Gasteiger partial charge in [0.25, 0.3) is 0 Å². The SMILES string of the molecule is CC(C)c1cc(NC(=O)Cc2csc(-c3ccccn3)n2)n[nH]1. The number of carbonyl (C=O) groups is 1. The highest BCUT2D eigenvalue weighted by atomic mass is 32.1. The van der Waals surface area contributed by atoms with E-state index in [9.17, 15) is 4.79 Å². The van der Waals surface area contributed by atoms with Crippen molar-refractivity contribution in [3.8, 4) is 10.7 Å². The van der Waals surface area contributed by atoms with E-state index in [0.717, 1.165) is 22.1 Å². The van der Waals surface area contributed by atoms with Crippen LogP contribution < -0.4 is 5.32 Å². The van der Waals surface area contributed by atoms with Crippen molar-refractivity contribution in [2.75, 3.05) is 5.32 Å². The number of pyridine rings is 1. The molecule has 0 spiro atoms. The molecule has 0 unspecified atom stereocenters. The third-order valence-electron chi connectivity index (χ3n) is 3.26. The minimum Gasteiger partial charge on any atom is -0.309 e. The molecule has 0 atom stereocenters. The molecule has 118 valence electrons. The van der Waals surface area contributed by atoms with Gasteiger partial charge in [-0.3, -0.25) is 14.9 Å². The zero-order valence-corrected chi connectivity index (χ0v) is 13.7. The predicted molar refractivity (Wildman–Crippen MR) is 90.4 cm³/mol. The summed E-state index contributed by atoms with van der Waals surface area (Å²) in [5, 5.41) is 12.5. The standard InChI is InChI=1S/C16H17N5OS/c1-10(2)13-8-14(21-20-13)19-15(22)7-11-9-23-16(18-11)12-5-3-4-6-17-12/h3-6,8-10H,7H2,1-2H3,(H2,19,20,21,22). The number of aromatic amines is 1. The summed E-state index contributed by atoms with van der Waals surface area (Å²) in [6.07, 6.45) is 1.94. The first-order valence-electron chi connectivity index (χ1n) is 7.33. The third kappa shape index (κ3) is 3.81. The second-order valence-corrected chi connectivity index (χ2v) is 6.31. The lowest BCUT2D eigenvalue weighted by atomic mass is 10.1. The minimum absolute atomic E-state index is 0.135. The van der Waals surface area contributed by atoms with Crippen LogP contribution in [0.1, 0.15) is 31.2 Å². The van der Waals surface area contributed by atoms with Gasteiger partial charge in [0.05, 0.1) is 17.8 Å². The monoisotopic (exact) mass is 327 g/mol. The quantitative estimate of drug-likeness (QED) is 0.753. The van der Waals surface area contributed by atoms with Crippen LogP contribution in [0.5, 0.6) is 0 Å². The Morgan fingerprint density at radius 2 is 2.26 bits per heavy atom. The molecule has 0 aliphatic carbocycles. The van der Waals surface area contributed by atoms with Crippen LogP contribution in [0.25, 0.3) is 10.7 Å². The van der Waals surface area contributed by atoms with Crippen LogP contribution in [0.3, 0.4) is 0 Å². The van der Waals surface area contributed by atoms with E-state index < -0.39 is 0 Å². The number of aromatic nitrogens is 4. The molecular formula is C16H17N5OS. The summed E-state index contributed by atoms with van der Waals surface area (Å²) < 4.78 is 0. The average molecular weight is 327 g/mol. The fraction of sp³-hybridized carbons (Fsp3) is 0.250. The first-order valence-corrected chi connectivity index (χ1v) is 8.21. The number of thiazole rings is 1. The average Bonchev–Trinajstić information content (AvgIpc) is 3.18. The number of nitrogens with one attached hydrogen (secondary N) is 2. The molecule has 3 aromatic heterocycles. The van der Waals surface area contributed by atoms with E-state index in [0.29, 0.717) is 11.7 Å². The van der Waals surface area contributed by atoms with Crippen molar-refractivity contribution in [1.29, 1.82) is 0 Å². The van der Waals surface area contributed by atoms with E-state index in [1.165, 1.54) is 11.3 Å². The molecule has 0 fully saturated rings. The maximum absolute atomic E-state index is 12.1. The van der Waals surface area contributed by atoms with Gasteiger partial charge < -0.3 is 5.32 Å². The molecule has 0 aliphatic rings. The van der Waals surface area contributed by atoms with E-state index >= 15 is 0 Å². The Morgan fingerprint density at radius 1 is 1.39 bits per heavy atom. The molecular weight excluding hydrogens is 310 g/mol. The molecule has 0 radical (unpaired) electrons. The van der Waals surface area contributed by atoms with Crippen LogP contribution >= 0.6 is 11.3 Å². The molecule has 0 saturated heterocycles. The van der Waals surface area contributed by atoms with E-state index in [1.54, 1.807) is 6.20 Å². The fourth-order valence-corrected chi connectivity index (χ4v) is 2.84. The number of amides is 1. The van der Waals surface area contributed by atoms with Crippen molar-refractivity contribution in [1.82, 2.24) is 20.2 Å². The highest BCUT2D eigenvalue weighted by Crippen LogP contribution is 2.21. The Morgan fingerprint density at radius 3 is 2.96 bits per heavy atom. The van der Waals surface area contributed by atoms with Crippen LogP contribution in [-0.4, -0.2) is 26.1 Å². The number of hydrogen-bond acceptors (Lipinski definition) is 5. The second kappa shape index (κ2) is 6.70. The maximum Gasteiger partial charge on any atom is 0.231 e. The van der Waals surface area contributed by atoms with Crippen molar-refractivity contribution in [3.05, 3.63) is 47.2 Å². The number of carbonyl (C=O) groups excluding carboxylic acids is 1. The maximum atomic E-state index is 12.1. The van der Waals surface area contributed by atoms with Crippen LogP contribution in [0, 0.1) is 0 Å². The first kappa shape index (κ1) is 15.4. The molecule has 0 saturated carbocycles. The summed E-state index contributed by atoms with van der Waals surface area (Å²) in [4.78, 5) is 20.8. The molecule has 1 amide bonds. The van der Waals surface area contributed by atoms with Gasteiger partial charge in [-0.2, -0.15) is 5.10 Å². The summed E-state index contributed by atoms with van der Waals surface area (Å²) in [6, 6.07) is 7.53. The zero-order chi connectivity index (χ0) is 16.2. The third-order valence-corrected chi connectivity index (χ3v) is 4.18. The molecule has 3 rings (SSSR count). The Bertz CT molecular complexity index is 794. The van der Waals surface area contributed by atoms with Gasteiger partial charge in [0.2, 0.25) is 5.91 Å². The summed E-state index contributed by atoms with van der Waals surface area (Å²) in [6.45, 7) is 4.13. The Labute approximate surface area is 138 Å². The molecule has 7 heteroatoms. The van der Waals surface area contributed by atoms with Crippen molar-refractivity contribution < 1.29 is 4.79 Å². The van der Waals surface area contributed by atoms with Crippen LogP contribution in [-0.2, 0) is 11.2 Å². The smallest absolute Gasteiger partial charge is 0.231 e. The van der Waals surface area contributed by atoms with E-state index in [4.69, 9.17) is 0 Å². The van der Waals surface area contributed by atoms with Crippen LogP contribution in [0.4, 0.5) is 5.82 Å². The number of nitrogens with zero attached hydrogens (tertiary/aromatic N) is 3. The summed E-state index contributed by atoms with van der Waals surface area (Å²) >= 11 is 1.48. The van der Waals surface area contributed by atoms with Crippen LogP contribution in [0.15, 0.2) is 35.8 Å². The van der Waals surface area contributed by atoms with Crippen molar-refractivity contribution >= 4 is 23.1 Å². The number of rotatable bonds is 5. The molecule has 23 heavy (non-hydrogen) atoms. The van der Waals surface area contributed by atoms with E-state index in [2.05, 4.69) is 39.3 Å². The largest absolute Gasteiger partial charge is 0.309 e.